The molecule has 0 atom stereocenters. The van der Waals surface area contributed by atoms with Crippen LogP contribution < -0.4 is 4.90 Å². The molecule has 0 aliphatic carbocycles. The maximum absolute atomic E-state index is 12.1. The van der Waals surface area contributed by atoms with Gasteiger partial charge in [-0.25, -0.2) is 0 Å². The van der Waals surface area contributed by atoms with Crippen molar-refractivity contribution in [1.29, 1.82) is 0 Å². The minimum absolute atomic E-state index is 0.00155. The van der Waals surface area contributed by atoms with Crippen molar-refractivity contribution in [2.75, 3.05) is 17.3 Å². The van der Waals surface area contributed by atoms with Gasteiger partial charge in [-0.15, -0.1) is 11.6 Å². The molecular weight excluding hydrogens is 296 g/mol. The van der Waals surface area contributed by atoms with E-state index in [1.807, 2.05) is 24.4 Å². The smallest absolute Gasteiger partial charge is 0.241 e. The van der Waals surface area contributed by atoms with E-state index in [9.17, 15) is 4.79 Å². The van der Waals surface area contributed by atoms with Crippen molar-refractivity contribution in [2.24, 2.45) is 0 Å². The summed E-state index contributed by atoms with van der Waals surface area (Å²) in [5.41, 5.74) is 4.08. The monoisotopic (exact) mass is 314 g/mol. The van der Waals surface area contributed by atoms with Crippen LogP contribution in [0.1, 0.15) is 30.7 Å². The Balaban J connectivity index is 1.96. The number of alkyl halides is 1. The van der Waals surface area contributed by atoms with E-state index in [4.69, 9.17) is 11.6 Å². The average Bonchev–Trinajstić information content (AvgIpc) is 2.79. The van der Waals surface area contributed by atoms with E-state index in [0.717, 1.165) is 23.4 Å². The zero-order chi connectivity index (χ0) is 15.7. The van der Waals surface area contributed by atoms with Crippen LogP contribution in [0.25, 0.3) is 0 Å². The summed E-state index contributed by atoms with van der Waals surface area (Å²) in [5.74, 6) is -0.0644. The van der Waals surface area contributed by atoms with Gasteiger partial charge in [0.1, 0.15) is 5.88 Å². The standard InChI is InChI=1S/C18H19ClN2O/c1-18(2)12-21(16(22)10-19)15-9-14(11-20-17(15)18)8-13-6-4-3-5-7-13/h3-7,9,11H,8,10,12H2,1-2H3. The second-order valence-corrected chi connectivity index (χ2v) is 6.64. The maximum Gasteiger partial charge on any atom is 0.241 e. The Morgan fingerprint density at radius 1 is 1.27 bits per heavy atom. The van der Waals surface area contributed by atoms with Gasteiger partial charge in [-0.3, -0.25) is 9.78 Å². The minimum Gasteiger partial charge on any atom is -0.309 e. The van der Waals surface area contributed by atoms with Crippen LogP contribution in [0.3, 0.4) is 0 Å². The second-order valence-electron chi connectivity index (χ2n) is 6.37. The lowest BCUT2D eigenvalue weighted by Gasteiger charge is -2.19. The van der Waals surface area contributed by atoms with E-state index < -0.39 is 0 Å². The Kier molecular flexibility index (Phi) is 3.92. The van der Waals surface area contributed by atoms with Gasteiger partial charge in [0.2, 0.25) is 5.91 Å². The number of amides is 1. The van der Waals surface area contributed by atoms with E-state index >= 15 is 0 Å². The van der Waals surface area contributed by atoms with E-state index in [-0.39, 0.29) is 17.2 Å². The maximum atomic E-state index is 12.1. The Hall–Kier alpha value is -1.87. The molecule has 0 unspecified atom stereocenters. The first kappa shape index (κ1) is 15.0. The zero-order valence-corrected chi connectivity index (χ0v) is 13.6. The van der Waals surface area contributed by atoms with Gasteiger partial charge in [-0.2, -0.15) is 0 Å². The number of anilines is 1. The third kappa shape index (κ3) is 2.73. The fourth-order valence-corrected chi connectivity index (χ4v) is 3.14. The summed E-state index contributed by atoms with van der Waals surface area (Å²) >= 11 is 5.75. The van der Waals surface area contributed by atoms with Gasteiger partial charge >= 0.3 is 0 Å². The molecule has 1 aliphatic rings. The van der Waals surface area contributed by atoms with Gasteiger partial charge in [-0.1, -0.05) is 44.2 Å². The fourth-order valence-electron chi connectivity index (χ4n) is 3.00. The number of rotatable bonds is 3. The summed E-state index contributed by atoms with van der Waals surface area (Å²) in [7, 11) is 0. The predicted octanol–water partition coefficient (Wildman–Crippen LogP) is 3.54. The normalized spacial score (nSPS) is 15.7. The Morgan fingerprint density at radius 3 is 2.68 bits per heavy atom. The van der Waals surface area contributed by atoms with Crippen molar-refractivity contribution >= 4 is 23.2 Å². The lowest BCUT2D eigenvalue weighted by atomic mass is 9.91. The molecule has 114 valence electrons. The summed E-state index contributed by atoms with van der Waals surface area (Å²) in [6.07, 6.45) is 2.73. The van der Waals surface area contributed by atoms with E-state index in [1.165, 1.54) is 5.56 Å². The van der Waals surface area contributed by atoms with Crippen LogP contribution in [-0.4, -0.2) is 23.3 Å². The number of fused-ring (bicyclic) bond motifs is 1. The molecule has 1 aliphatic heterocycles. The molecule has 1 amide bonds. The summed E-state index contributed by atoms with van der Waals surface area (Å²) < 4.78 is 0. The Morgan fingerprint density at radius 2 is 2.00 bits per heavy atom. The number of nitrogens with zero attached hydrogens (tertiary/aromatic N) is 2. The number of hydrogen-bond donors (Lipinski definition) is 0. The molecule has 2 heterocycles. The SMILES string of the molecule is CC1(C)CN(C(=O)CCl)c2cc(Cc3ccccc3)cnc21. The molecule has 0 N–H and O–H groups in total. The largest absolute Gasteiger partial charge is 0.309 e. The van der Waals surface area contributed by atoms with Crippen molar-refractivity contribution in [3.63, 3.8) is 0 Å². The molecule has 0 spiro atoms. The fraction of sp³-hybridized carbons (Fsp3) is 0.333. The predicted molar refractivity (Wildman–Crippen MR) is 89.6 cm³/mol. The first-order chi connectivity index (χ1) is 10.5. The Bertz CT molecular complexity index is 697. The molecule has 2 aromatic rings. The number of carbonyl (C=O) groups is 1. The second kappa shape index (κ2) is 5.73. The highest BCUT2D eigenvalue weighted by atomic mass is 35.5. The minimum atomic E-state index is -0.137. The lowest BCUT2D eigenvalue weighted by molar-refractivity contribution is -0.116. The molecule has 0 radical (unpaired) electrons. The summed E-state index contributed by atoms with van der Waals surface area (Å²) in [4.78, 5) is 18.5. The molecule has 1 aromatic heterocycles. The quantitative estimate of drug-likeness (QED) is 0.812. The highest BCUT2D eigenvalue weighted by Crippen LogP contribution is 2.39. The highest BCUT2D eigenvalue weighted by Gasteiger charge is 2.39. The molecule has 1 aromatic carbocycles. The third-order valence-corrected chi connectivity index (χ3v) is 4.30. The lowest BCUT2D eigenvalue weighted by Crippen LogP contribution is -2.34. The van der Waals surface area contributed by atoms with Crippen molar-refractivity contribution < 1.29 is 4.79 Å². The van der Waals surface area contributed by atoms with Crippen molar-refractivity contribution in [2.45, 2.75) is 25.7 Å². The van der Waals surface area contributed by atoms with Crippen molar-refractivity contribution in [3.8, 4) is 0 Å². The number of hydrogen-bond acceptors (Lipinski definition) is 2. The summed E-state index contributed by atoms with van der Waals surface area (Å²) in [6.45, 7) is 4.85. The average molecular weight is 315 g/mol. The molecule has 4 heteroatoms. The van der Waals surface area contributed by atoms with E-state index in [2.05, 4.69) is 37.0 Å². The van der Waals surface area contributed by atoms with E-state index in [0.29, 0.717) is 6.54 Å². The first-order valence-corrected chi connectivity index (χ1v) is 7.94. The number of carbonyl (C=O) groups excluding carboxylic acids is 1. The van der Waals surface area contributed by atoms with E-state index in [1.54, 1.807) is 4.90 Å². The molecule has 0 fully saturated rings. The summed E-state index contributed by atoms with van der Waals surface area (Å²) in [6, 6.07) is 12.3. The van der Waals surface area contributed by atoms with Crippen LogP contribution in [0.4, 0.5) is 5.69 Å². The Labute approximate surface area is 135 Å². The molecule has 0 bridgehead atoms. The van der Waals surface area contributed by atoms with Crippen LogP contribution in [0.2, 0.25) is 0 Å². The third-order valence-electron chi connectivity index (χ3n) is 4.08. The summed E-state index contributed by atoms with van der Waals surface area (Å²) in [5, 5.41) is 0. The van der Waals surface area contributed by atoms with Crippen LogP contribution in [0.15, 0.2) is 42.6 Å². The highest BCUT2D eigenvalue weighted by molar-refractivity contribution is 6.29. The van der Waals surface area contributed by atoms with Gasteiger partial charge < -0.3 is 4.90 Å². The van der Waals surface area contributed by atoms with Crippen LogP contribution >= 0.6 is 11.6 Å². The van der Waals surface area contributed by atoms with Gasteiger partial charge in [0.25, 0.3) is 0 Å². The van der Waals surface area contributed by atoms with Gasteiger partial charge in [-0.05, 0) is 23.6 Å². The number of halogens is 1. The number of pyridine rings is 1. The van der Waals surface area contributed by atoms with Gasteiger partial charge in [0.15, 0.2) is 0 Å². The van der Waals surface area contributed by atoms with Crippen molar-refractivity contribution in [3.05, 3.63) is 59.4 Å². The molecule has 3 rings (SSSR count). The van der Waals surface area contributed by atoms with Crippen LogP contribution in [-0.2, 0) is 16.6 Å². The molecule has 0 saturated carbocycles. The topological polar surface area (TPSA) is 33.2 Å². The molecule has 3 nitrogen and oxygen atoms in total. The zero-order valence-electron chi connectivity index (χ0n) is 12.8. The van der Waals surface area contributed by atoms with Crippen molar-refractivity contribution in [1.82, 2.24) is 4.98 Å². The molecule has 0 saturated heterocycles. The van der Waals surface area contributed by atoms with Gasteiger partial charge in [0, 0.05) is 18.2 Å². The van der Waals surface area contributed by atoms with Crippen LogP contribution in [0, 0.1) is 0 Å². The molecular formula is C18H19ClN2O. The molecule has 22 heavy (non-hydrogen) atoms. The number of benzene rings is 1. The number of aromatic nitrogens is 1. The van der Waals surface area contributed by atoms with Crippen LogP contribution in [0.5, 0.6) is 0 Å². The van der Waals surface area contributed by atoms with Gasteiger partial charge in [0.05, 0.1) is 11.4 Å². The first-order valence-electron chi connectivity index (χ1n) is 7.41.